The first-order chi connectivity index (χ1) is 19.6. The standard InChI is InChI=1S/C32H34N4O4/c1-33-21-27-20-28(37)31(40-22-24-12-6-3-7-13-24)30-32(38)34(18-19-39-2)23-35(36(27)30)29(25-14-8-4-9-15-25)26-16-10-5-11-17-26/h3-17,20,29,33H,18-19,21-23H2,1-2H3. The molecule has 1 aromatic heterocycles. The van der Waals surface area contributed by atoms with Gasteiger partial charge in [0, 0.05) is 26.3 Å². The highest BCUT2D eigenvalue weighted by Crippen LogP contribution is 2.33. The zero-order chi connectivity index (χ0) is 27.9. The first-order valence-electron chi connectivity index (χ1n) is 13.4. The van der Waals surface area contributed by atoms with Gasteiger partial charge in [0.25, 0.3) is 5.91 Å². The Morgan fingerprint density at radius 1 is 0.875 bits per heavy atom. The van der Waals surface area contributed by atoms with Gasteiger partial charge in [-0.2, -0.15) is 0 Å². The molecule has 1 aliphatic heterocycles. The van der Waals surface area contributed by atoms with Crippen molar-refractivity contribution in [3.63, 3.8) is 0 Å². The van der Waals surface area contributed by atoms with E-state index in [0.29, 0.717) is 32.1 Å². The Hall–Kier alpha value is -4.40. The molecule has 5 rings (SSSR count). The molecule has 2 heterocycles. The number of hydrogen-bond acceptors (Lipinski definition) is 6. The molecule has 0 aliphatic carbocycles. The number of carbonyl (C=O) groups is 1. The zero-order valence-electron chi connectivity index (χ0n) is 22.8. The number of pyridine rings is 1. The summed E-state index contributed by atoms with van der Waals surface area (Å²) in [4.78, 5) is 29.3. The molecule has 1 N–H and O–H groups in total. The van der Waals surface area contributed by atoms with Crippen LogP contribution in [-0.2, 0) is 17.9 Å². The van der Waals surface area contributed by atoms with Crippen molar-refractivity contribution in [2.75, 3.05) is 39.0 Å². The zero-order valence-corrected chi connectivity index (χ0v) is 22.8. The molecule has 0 bridgehead atoms. The lowest BCUT2D eigenvalue weighted by atomic mass is 9.98. The maximum atomic E-state index is 14.1. The van der Waals surface area contributed by atoms with E-state index in [-0.39, 0.29) is 35.4 Å². The van der Waals surface area contributed by atoms with Crippen molar-refractivity contribution >= 4 is 5.91 Å². The van der Waals surface area contributed by atoms with E-state index in [4.69, 9.17) is 9.47 Å². The Morgan fingerprint density at radius 3 is 2.05 bits per heavy atom. The van der Waals surface area contributed by atoms with E-state index in [0.717, 1.165) is 16.7 Å². The molecule has 0 fully saturated rings. The Labute approximate surface area is 234 Å². The molecule has 1 aliphatic rings. The van der Waals surface area contributed by atoms with E-state index in [1.807, 2.05) is 78.5 Å². The van der Waals surface area contributed by atoms with Gasteiger partial charge in [0.2, 0.25) is 5.43 Å². The molecule has 0 unspecified atom stereocenters. The summed E-state index contributed by atoms with van der Waals surface area (Å²) in [5.41, 5.74) is 3.58. The SMILES string of the molecule is CNCc1cc(=O)c(OCc2ccccc2)c2n1N(C(c1ccccc1)c1ccccc1)CN(CCOC)C2=O. The van der Waals surface area contributed by atoms with Gasteiger partial charge in [-0.3, -0.25) is 14.6 Å². The van der Waals surface area contributed by atoms with Crippen LogP contribution in [0.3, 0.4) is 0 Å². The fourth-order valence-electron chi connectivity index (χ4n) is 5.12. The molecule has 206 valence electrons. The second-order valence-corrected chi connectivity index (χ2v) is 9.66. The van der Waals surface area contributed by atoms with Crippen LogP contribution in [0.4, 0.5) is 0 Å². The summed E-state index contributed by atoms with van der Waals surface area (Å²) in [6, 6.07) is 31.3. The van der Waals surface area contributed by atoms with Crippen LogP contribution in [-0.4, -0.2) is 49.5 Å². The van der Waals surface area contributed by atoms with Gasteiger partial charge in [0.05, 0.1) is 18.3 Å². The van der Waals surface area contributed by atoms with Gasteiger partial charge in [0.1, 0.15) is 13.3 Å². The highest BCUT2D eigenvalue weighted by atomic mass is 16.5. The minimum absolute atomic E-state index is 0.0423. The van der Waals surface area contributed by atoms with Crippen LogP contribution < -0.4 is 20.5 Å². The van der Waals surface area contributed by atoms with E-state index >= 15 is 0 Å². The van der Waals surface area contributed by atoms with Crippen LogP contribution in [0.1, 0.15) is 38.9 Å². The summed E-state index contributed by atoms with van der Waals surface area (Å²) < 4.78 is 13.4. The summed E-state index contributed by atoms with van der Waals surface area (Å²) in [6.45, 7) is 1.58. The smallest absolute Gasteiger partial charge is 0.277 e. The first-order valence-corrected chi connectivity index (χ1v) is 13.4. The summed E-state index contributed by atoms with van der Waals surface area (Å²) in [5.74, 6) is -0.230. The number of nitrogens with one attached hydrogen (secondary N) is 1. The van der Waals surface area contributed by atoms with E-state index < -0.39 is 0 Å². The monoisotopic (exact) mass is 538 g/mol. The molecule has 0 saturated heterocycles. The summed E-state index contributed by atoms with van der Waals surface area (Å²) in [5, 5.41) is 5.30. The number of aromatic nitrogens is 1. The Kier molecular flexibility index (Phi) is 8.59. The lowest BCUT2D eigenvalue weighted by Crippen LogP contribution is -2.57. The number of rotatable bonds is 11. The predicted octanol–water partition coefficient (Wildman–Crippen LogP) is 3.93. The summed E-state index contributed by atoms with van der Waals surface area (Å²) >= 11 is 0. The molecule has 8 heteroatoms. The van der Waals surface area contributed by atoms with Crippen molar-refractivity contribution in [3.8, 4) is 5.75 Å². The highest BCUT2D eigenvalue weighted by molar-refractivity contribution is 5.96. The minimum atomic E-state index is -0.328. The van der Waals surface area contributed by atoms with Crippen LogP contribution in [0.2, 0.25) is 0 Å². The Bertz CT molecular complexity index is 1440. The number of amides is 1. The van der Waals surface area contributed by atoms with Gasteiger partial charge in [-0.05, 0) is 23.7 Å². The second kappa shape index (κ2) is 12.6. The largest absolute Gasteiger partial charge is 0.482 e. The molecule has 0 spiro atoms. The number of carbonyl (C=O) groups excluding carboxylic acids is 1. The Balaban J connectivity index is 1.72. The van der Waals surface area contributed by atoms with Crippen molar-refractivity contribution in [1.82, 2.24) is 14.9 Å². The number of methoxy groups -OCH3 is 1. The van der Waals surface area contributed by atoms with Crippen LogP contribution >= 0.6 is 0 Å². The first kappa shape index (κ1) is 27.2. The number of nitrogens with zero attached hydrogens (tertiary/aromatic N) is 3. The van der Waals surface area contributed by atoms with Crippen molar-refractivity contribution in [3.05, 3.63) is 135 Å². The number of benzene rings is 3. The van der Waals surface area contributed by atoms with E-state index in [1.165, 1.54) is 0 Å². The van der Waals surface area contributed by atoms with Crippen molar-refractivity contribution in [2.45, 2.75) is 19.2 Å². The number of ether oxygens (including phenoxy) is 2. The third-order valence-corrected chi connectivity index (χ3v) is 6.96. The highest BCUT2D eigenvalue weighted by Gasteiger charge is 2.38. The molecule has 8 nitrogen and oxygen atoms in total. The molecule has 40 heavy (non-hydrogen) atoms. The summed E-state index contributed by atoms with van der Waals surface area (Å²) in [6.07, 6.45) is 0. The average molecular weight is 539 g/mol. The molecular weight excluding hydrogens is 504 g/mol. The molecule has 0 radical (unpaired) electrons. The van der Waals surface area contributed by atoms with Crippen molar-refractivity contribution < 1.29 is 14.3 Å². The maximum Gasteiger partial charge on any atom is 0.277 e. The number of hydrogen-bond donors (Lipinski definition) is 1. The lowest BCUT2D eigenvalue weighted by molar-refractivity contribution is 0.0608. The van der Waals surface area contributed by atoms with E-state index in [1.54, 1.807) is 18.1 Å². The average Bonchev–Trinajstić information content (AvgIpc) is 2.99. The van der Waals surface area contributed by atoms with Gasteiger partial charge in [-0.25, -0.2) is 4.68 Å². The maximum absolute atomic E-state index is 14.1. The van der Waals surface area contributed by atoms with E-state index in [9.17, 15) is 9.59 Å². The van der Waals surface area contributed by atoms with Gasteiger partial charge < -0.3 is 19.7 Å². The molecule has 0 atom stereocenters. The van der Waals surface area contributed by atoms with Crippen LogP contribution in [0, 0.1) is 0 Å². The fourth-order valence-corrected chi connectivity index (χ4v) is 5.12. The molecule has 1 amide bonds. The lowest BCUT2D eigenvalue weighted by Gasteiger charge is -2.45. The second-order valence-electron chi connectivity index (χ2n) is 9.66. The van der Waals surface area contributed by atoms with E-state index in [2.05, 4.69) is 34.6 Å². The van der Waals surface area contributed by atoms with Gasteiger partial charge in [-0.1, -0.05) is 91.0 Å². The van der Waals surface area contributed by atoms with Crippen LogP contribution in [0.5, 0.6) is 5.75 Å². The van der Waals surface area contributed by atoms with Crippen molar-refractivity contribution in [2.24, 2.45) is 0 Å². The third kappa shape index (κ3) is 5.64. The van der Waals surface area contributed by atoms with Crippen LogP contribution in [0.15, 0.2) is 102 Å². The summed E-state index contributed by atoms with van der Waals surface area (Å²) in [7, 11) is 3.43. The molecule has 0 saturated carbocycles. The minimum Gasteiger partial charge on any atom is -0.482 e. The predicted molar refractivity (Wildman–Crippen MR) is 155 cm³/mol. The van der Waals surface area contributed by atoms with Gasteiger partial charge >= 0.3 is 0 Å². The van der Waals surface area contributed by atoms with Gasteiger partial charge in [-0.15, -0.1) is 0 Å². The molecule has 3 aromatic carbocycles. The topological polar surface area (TPSA) is 76.0 Å². The quantitative estimate of drug-likeness (QED) is 0.312. The normalized spacial score (nSPS) is 13.0. The Morgan fingerprint density at radius 2 is 1.48 bits per heavy atom. The molecular formula is C32H34N4O4. The van der Waals surface area contributed by atoms with Crippen molar-refractivity contribution in [1.29, 1.82) is 0 Å². The van der Waals surface area contributed by atoms with Crippen LogP contribution in [0.25, 0.3) is 0 Å². The molecule has 4 aromatic rings. The third-order valence-electron chi connectivity index (χ3n) is 6.96. The number of fused-ring (bicyclic) bond motifs is 1. The fraction of sp³-hybridized carbons (Fsp3) is 0.250. The van der Waals surface area contributed by atoms with Gasteiger partial charge in [0.15, 0.2) is 11.4 Å².